The Morgan fingerprint density at radius 3 is 2.57 bits per heavy atom. The van der Waals surface area contributed by atoms with E-state index in [1.165, 1.54) is 4.31 Å². The highest BCUT2D eigenvalue weighted by Gasteiger charge is 2.42. The van der Waals surface area contributed by atoms with Crippen LogP contribution in [0.25, 0.3) is 0 Å². The third kappa shape index (κ3) is 3.20. The first kappa shape index (κ1) is 16.2. The van der Waals surface area contributed by atoms with Crippen LogP contribution >= 0.6 is 0 Å². The standard InChI is InChI=1S/C16H23NO3S/c1-4-13(3)16-15(18)10-12(2)11-17(16)21(19,20)14-8-6-5-7-9-14/h4-9,12-13,15-16,18H,1,10-11H2,2-3H3/t12-,13-,15+,16-/m0/s1. The van der Waals surface area contributed by atoms with Gasteiger partial charge in [-0.2, -0.15) is 4.31 Å². The topological polar surface area (TPSA) is 57.6 Å². The van der Waals surface area contributed by atoms with Crippen molar-refractivity contribution in [3.8, 4) is 0 Å². The number of sulfonamides is 1. The van der Waals surface area contributed by atoms with E-state index in [0.29, 0.717) is 13.0 Å². The van der Waals surface area contributed by atoms with Crippen LogP contribution in [0.3, 0.4) is 0 Å². The molecule has 0 spiro atoms. The number of nitrogens with zero attached hydrogens (tertiary/aromatic N) is 1. The minimum absolute atomic E-state index is 0.106. The Labute approximate surface area is 127 Å². The zero-order chi connectivity index (χ0) is 15.6. The number of aliphatic hydroxyl groups is 1. The van der Waals surface area contributed by atoms with Gasteiger partial charge in [0.2, 0.25) is 10.0 Å². The van der Waals surface area contributed by atoms with E-state index in [0.717, 1.165) is 0 Å². The van der Waals surface area contributed by atoms with E-state index < -0.39 is 22.2 Å². The van der Waals surface area contributed by atoms with Gasteiger partial charge in [0.15, 0.2) is 0 Å². The lowest BCUT2D eigenvalue weighted by atomic mass is 9.87. The minimum atomic E-state index is -3.61. The molecule has 0 radical (unpaired) electrons. The molecular weight excluding hydrogens is 286 g/mol. The van der Waals surface area contributed by atoms with Crippen molar-refractivity contribution < 1.29 is 13.5 Å². The summed E-state index contributed by atoms with van der Waals surface area (Å²) in [6.07, 6.45) is 1.65. The van der Waals surface area contributed by atoms with Gasteiger partial charge in [0.1, 0.15) is 0 Å². The average molecular weight is 309 g/mol. The predicted molar refractivity (Wildman–Crippen MR) is 83.3 cm³/mol. The summed E-state index contributed by atoms with van der Waals surface area (Å²) in [6, 6.07) is 7.94. The van der Waals surface area contributed by atoms with Gasteiger partial charge in [-0.15, -0.1) is 6.58 Å². The van der Waals surface area contributed by atoms with Crippen LogP contribution in [0.15, 0.2) is 47.9 Å². The lowest BCUT2D eigenvalue weighted by Gasteiger charge is -2.43. The van der Waals surface area contributed by atoms with E-state index in [1.54, 1.807) is 36.4 Å². The molecule has 0 aliphatic carbocycles. The predicted octanol–water partition coefficient (Wildman–Crippen LogP) is 2.27. The molecule has 5 heteroatoms. The lowest BCUT2D eigenvalue weighted by molar-refractivity contribution is 0.0146. The number of piperidine rings is 1. The molecule has 21 heavy (non-hydrogen) atoms. The number of hydrogen-bond donors (Lipinski definition) is 1. The van der Waals surface area contributed by atoms with E-state index in [4.69, 9.17) is 0 Å². The van der Waals surface area contributed by atoms with Gasteiger partial charge < -0.3 is 5.11 Å². The molecule has 1 saturated heterocycles. The molecule has 1 aliphatic rings. The number of rotatable bonds is 4. The zero-order valence-electron chi connectivity index (χ0n) is 12.5. The highest BCUT2D eigenvalue weighted by Crippen LogP contribution is 2.32. The maximum atomic E-state index is 12.9. The average Bonchev–Trinajstić information content (AvgIpc) is 2.46. The Morgan fingerprint density at radius 2 is 2.00 bits per heavy atom. The molecule has 0 bridgehead atoms. The fraction of sp³-hybridized carbons (Fsp3) is 0.500. The Morgan fingerprint density at radius 1 is 1.38 bits per heavy atom. The quantitative estimate of drug-likeness (QED) is 0.868. The largest absolute Gasteiger partial charge is 0.391 e. The van der Waals surface area contributed by atoms with Crippen molar-refractivity contribution in [1.82, 2.24) is 4.31 Å². The normalized spacial score (nSPS) is 29.0. The second-order valence-corrected chi connectivity index (χ2v) is 7.77. The van der Waals surface area contributed by atoms with Crippen LogP contribution in [0.2, 0.25) is 0 Å². The SMILES string of the molecule is C=C[C@H](C)[C@H]1[C@H](O)C[C@H](C)CN1S(=O)(=O)c1ccccc1. The summed E-state index contributed by atoms with van der Waals surface area (Å²) in [6.45, 7) is 8.03. The molecule has 0 saturated carbocycles. The first-order chi connectivity index (χ1) is 9.87. The third-order valence-electron chi connectivity index (χ3n) is 4.12. The summed E-state index contributed by atoms with van der Waals surface area (Å²) in [5, 5.41) is 10.4. The molecule has 2 rings (SSSR count). The van der Waals surface area contributed by atoms with E-state index in [9.17, 15) is 13.5 Å². The van der Waals surface area contributed by atoms with Crippen LogP contribution in [-0.4, -0.2) is 36.5 Å². The summed E-state index contributed by atoms with van der Waals surface area (Å²) < 4.78 is 27.2. The van der Waals surface area contributed by atoms with E-state index in [-0.39, 0.29) is 16.7 Å². The maximum absolute atomic E-state index is 12.9. The van der Waals surface area contributed by atoms with Crippen molar-refractivity contribution in [2.75, 3.05) is 6.54 Å². The van der Waals surface area contributed by atoms with Crippen molar-refractivity contribution >= 4 is 10.0 Å². The molecule has 116 valence electrons. The molecule has 0 unspecified atom stereocenters. The van der Waals surface area contributed by atoms with E-state index >= 15 is 0 Å². The number of hydrogen-bond acceptors (Lipinski definition) is 3. The fourth-order valence-corrected chi connectivity index (χ4v) is 4.86. The third-order valence-corrected chi connectivity index (χ3v) is 6.00. The summed E-state index contributed by atoms with van der Waals surface area (Å²) in [5.41, 5.74) is 0. The Hall–Kier alpha value is -1.17. The molecular formula is C16H23NO3S. The highest BCUT2D eigenvalue weighted by atomic mass is 32.2. The second kappa shape index (κ2) is 6.30. The van der Waals surface area contributed by atoms with Crippen molar-refractivity contribution in [2.45, 2.75) is 37.3 Å². The number of benzene rings is 1. The lowest BCUT2D eigenvalue weighted by Crippen LogP contribution is -2.55. The second-order valence-electron chi connectivity index (χ2n) is 5.88. The van der Waals surface area contributed by atoms with Gasteiger partial charge >= 0.3 is 0 Å². The monoisotopic (exact) mass is 309 g/mol. The molecule has 0 aromatic heterocycles. The Kier molecular flexibility index (Phi) is 4.86. The summed E-state index contributed by atoms with van der Waals surface area (Å²) in [4.78, 5) is 0.271. The first-order valence-corrected chi connectivity index (χ1v) is 8.69. The molecule has 1 aromatic rings. The summed E-state index contributed by atoms with van der Waals surface area (Å²) in [5.74, 6) is 0.0257. The molecule has 1 fully saturated rings. The van der Waals surface area contributed by atoms with E-state index in [1.807, 2.05) is 13.8 Å². The molecule has 0 amide bonds. The summed E-state index contributed by atoms with van der Waals surface area (Å²) in [7, 11) is -3.61. The van der Waals surface area contributed by atoms with Crippen LogP contribution in [0, 0.1) is 11.8 Å². The Balaban J connectivity index is 2.44. The van der Waals surface area contributed by atoms with Crippen molar-refractivity contribution in [3.05, 3.63) is 43.0 Å². The molecule has 1 aromatic carbocycles. The van der Waals surface area contributed by atoms with Gasteiger partial charge in [-0.05, 0) is 30.4 Å². The minimum Gasteiger partial charge on any atom is -0.391 e. The van der Waals surface area contributed by atoms with Crippen molar-refractivity contribution in [1.29, 1.82) is 0 Å². The number of aliphatic hydroxyl groups excluding tert-OH is 1. The van der Waals surface area contributed by atoms with Crippen LogP contribution in [0.5, 0.6) is 0 Å². The van der Waals surface area contributed by atoms with Crippen LogP contribution in [0.1, 0.15) is 20.3 Å². The van der Waals surface area contributed by atoms with Gasteiger partial charge in [0.25, 0.3) is 0 Å². The van der Waals surface area contributed by atoms with Crippen LogP contribution in [-0.2, 0) is 10.0 Å². The van der Waals surface area contributed by atoms with Gasteiger partial charge in [0, 0.05) is 6.54 Å². The highest BCUT2D eigenvalue weighted by molar-refractivity contribution is 7.89. The first-order valence-electron chi connectivity index (χ1n) is 7.25. The Bertz CT molecular complexity index is 585. The maximum Gasteiger partial charge on any atom is 0.243 e. The molecule has 1 heterocycles. The van der Waals surface area contributed by atoms with Gasteiger partial charge in [-0.1, -0.05) is 38.1 Å². The summed E-state index contributed by atoms with van der Waals surface area (Å²) >= 11 is 0. The van der Waals surface area contributed by atoms with Gasteiger partial charge in [-0.25, -0.2) is 8.42 Å². The van der Waals surface area contributed by atoms with Crippen molar-refractivity contribution in [3.63, 3.8) is 0 Å². The molecule has 1 aliphatic heterocycles. The molecule has 4 nitrogen and oxygen atoms in total. The molecule has 1 N–H and O–H groups in total. The van der Waals surface area contributed by atoms with E-state index in [2.05, 4.69) is 6.58 Å². The zero-order valence-corrected chi connectivity index (χ0v) is 13.3. The van der Waals surface area contributed by atoms with Crippen molar-refractivity contribution in [2.24, 2.45) is 11.8 Å². The van der Waals surface area contributed by atoms with Crippen LogP contribution < -0.4 is 0 Å². The fourth-order valence-electron chi connectivity index (χ4n) is 2.99. The van der Waals surface area contributed by atoms with Gasteiger partial charge in [0.05, 0.1) is 17.0 Å². The van der Waals surface area contributed by atoms with Crippen LogP contribution in [0.4, 0.5) is 0 Å². The smallest absolute Gasteiger partial charge is 0.243 e. The molecule has 4 atom stereocenters. The van der Waals surface area contributed by atoms with Gasteiger partial charge in [-0.3, -0.25) is 0 Å².